The van der Waals surface area contributed by atoms with E-state index in [0.29, 0.717) is 18.0 Å². The molecule has 30 heavy (non-hydrogen) atoms. The zero-order chi connectivity index (χ0) is 21.3. The van der Waals surface area contributed by atoms with Crippen molar-refractivity contribution in [2.24, 2.45) is 0 Å². The van der Waals surface area contributed by atoms with Crippen LogP contribution >= 0.6 is 0 Å². The number of aromatic nitrogens is 3. The second kappa shape index (κ2) is 8.16. The number of nitrogens with zero attached hydrogens (tertiary/aromatic N) is 3. The fourth-order valence-corrected chi connectivity index (χ4v) is 3.65. The van der Waals surface area contributed by atoms with E-state index in [2.05, 4.69) is 46.6 Å². The number of nitrogens with one attached hydrogen (secondary N) is 1. The predicted molar refractivity (Wildman–Crippen MR) is 119 cm³/mol. The van der Waals surface area contributed by atoms with Gasteiger partial charge in [-0.3, -0.25) is 4.68 Å². The number of fused-ring (bicyclic) bond motifs is 1. The van der Waals surface area contributed by atoms with Gasteiger partial charge in [-0.2, -0.15) is 5.10 Å². The van der Waals surface area contributed by atoms with Gasteiger partial charge in [-0.05, 0) is 32.4 Å². The molecular weight excluding hydrogens is 376 g/mol. The minimum Gasteiger partial charge on any atom is -0.481 e. The standard InChI is InChI=1S/C24H26N4O2/c1-15-9-11-18(12-10-15)14-28-17(3)23(16(2)27-28)26-24(29)20-13-22(30-4)25-21-8-6-5-7-19(20)21/h5-13,24,26,29H,14H2,1-4H3. The molecule has 2 aromatic heterocycles. The molecule has 0 amide bonds. The van der Waals surface area contributed by atoms with E-state index in [1.54, 1.807) is 13.2 Å². The van der Waals surface area contributed by atoms with Gasteiger partial charge in [0.15, 0.2) is 6.23 Å². The van der Waals surface area contributed by atoms with Crippen molar-refractivity contribution in [1.82, 2.24) is 14.8 Å². The number of aliphatic hydroxyl groups excluding tert-OH is 1. The summed E-state index contributed by atoms with van der Waals surface area (Å²) in [4.78, 5) is 4.46. The lowest BCUT2D eigenvalue weighted by atomic mass is 10.1. The topological polar surface area (TPSA) is 72.2 Å². The summed E-state index contributed by atoms with van der Waals surface area (Å²) in [5.41, 5.74) is 6.54. The third kappa shape index (κ3) is 3.86. The smallest absolute Gasteiger partial charge is 0.213 e. The first-order valence-corrected chi connectivity index (χ1v) is 9.94. The van der Waals surface area contributed by atoms with E-state index in [4.69, 9.17) is 4.74 Å². The van der Waals surface area contributed by atoms with E-state index in [1.165, 1.54) is 11.1 Å². The first kappa shape index (κ1) is 19.9. The van der Waals surface area contributed by atoms with Crippen molar-refractivity contribution in [3.8, 4) is 5.88 Å². The predicted octanol–water partition coefficient (Wildman–Crippen LogP) is 4.52. The maximum atomic E-state index is 11.0. The zero-order valence-electron chi connectivity index (χ0n) is 17.7. The summed E-state index contributed by atoms with van der Waals surface area (Å²) >= 11 is 0. The Bertz CT molecular complexity index is 1180. The highest BCUT2D eigenvalue weighted by Crippen LogP contribution is 2.30. The Labute approximate surface area is 176 Å². The first-order valence-electron chi connectivity index (χ1n) is 9.94. The molecule has 0 bridgehead atoms. The van der Waals surface area contributed by atoms with Gasteiger partial charge in [-0.15, -0.1) is 0 Å². The molecule has 6 nitrogen and oxygen atoms in total. The molecule has 4 aromatic rings. The number of rotatable bonds is 6. The lowest BCUT2D eigenvalue weighted by molar-refractivity contribution is 0.209. The summed E-state index contributed by atoms with van der Waals surface area (Å²) in [6, 6.07) is 17.9. The van der Waals surface area contributed by atoms with Crippen LogP contribution in [-0.4, -0.2) is 27.0 Å². The molecule has 0 aliphatic carbocycles. The Morgan fingerprint density at radius 3 is 2.53 bits per heavy atom. The number of methoxy groups -OCH3 is 1. The van der Waals surface area contributed by atoms with Crippen LogP contribution in [0.1, 0.15) is 34.3 Å². The van der Waals surface area contributed by atoms with Gasteiger partial charge in [-0.1, -0.05) is 48.0 Å². The molecule has 154 valence electrons. The number of hydrogen-bond donors (Lipinski definition) is 2. The number of aliphatic hydroxyl groups is 1. The van der Waals surface area contributed by atoms with Gasteiger partial charge in [0.05, 0.1) is 36.2 Å². The Hall–Kier alpha value is -3.38. The molecule has 0 fully saturated rings. The average molecular weight is 402 g/mol. The van der Waals surface area contributed by atoms with Gasteiger partial charge < -0.3 is 15.2 Å². The lowest BCUT2D eigenvalue weighted by Gasteiger charge is -2.18. The van der Waals surface area contributed by atoms with E-state index in [-0.39, 0.29) is 0 Å². The molecule has 1 atom stereocenters. The van der Waals surface area contributed by atoms with Gasteiger partial charge >= 0.3 is 0 Å². The monoisotopic (exact) mass is 402 g/mol. The normalized spacial score (nSPS) is 12.2. The van der Waals surface area contributed by atoms with Crippen LogP contribution in [-0.2, 0) is 6.54 Å². The van der Waals surface area contributed by atoms with Crippen LogP contribution in [0.4, 0.5) is 5.69 Å². The Balaban J connectivity index is 1.64. The number of hydrogen-bond acceptors (Lipinski definition) is 5. The minimum absolute atomic E-state index is 0.466. The number of aryl methyl sites for hydroxylation is 2. The molecule has 0 saturated carbocycles. The Morgan fingerprint density at radius 2 is 1.80 bits per heavy atom. The summed E-state index contributed by atoms with van der Waals surface area (Å²) in [6.07, 6.45) is -0.929. The van der Waals surface area contributed by atoms with Crippen molar-refractivity contribution >= 4 is 16.6 Å². The van der Waals surface area contributed by atoms with Gasteiger partial charge in [-0.25, -0.2) is 4.98 Å². The van der Waals surface area contributed by atoms with Crippen molar-refractivity contribution in [3.05, 3.63) is 82.7 Å². The molecule has 0 spiro atoms. The number of ether oxygens (including phenoxy) is 1. The van der Waals surface area contributed by atoms with Crippen molar-refractivity contribution in [3.63, 3.8) is 0 Å². The van der Waals surface area contributed by atoms with Crippen LogP contribution in [0.15, 0.2) is 54.6 Å². The van der Waals surface area contributed by atoms with Gasteiger partial charge in [0.25, 0.3) is 0 Å². The highest BCUT2D eigenvalue weighted by Gasteiger charge is 2.19. The fraction of sp³-hybridized carbons (Fsp3) is 0.250. The third-order valence-corrected chi connectivity index (χ3v) is 5.34. The molecule has 2 N–H and O–H groups in total. The fourth-order valence-electron chi connectivity index (χ4n) is 3.65. The van der Waals surface area contributed by atoms with E-state index in [1.807, 2.05) is 42.8 Å². The van der Waals surface area contributed by atoms with Crippen LogP contribution in [0.25, 0.3) is 10.9 Å². The summed E-state index contributed by atoms with van der Waals surface area (Å²) in [5.74, 6) is 0.466. The largest absolute Gasteiger partial charge is 0.481 e. The summed E-state index contributed by atoms with van der Waals surface area (Å²) < 4.78 is 7.28. The highest BCUT2D eigenvalue weighted by molar-refractivity contribution is 5.83. The maximum Gasteiger partial charge on any atom is 0.213 e. The molecule has 2 heterocycles. The summed E-state index contributed by atoms with van der Waals surface area (Å²) in [5, 5.41) is 19.8. The molecule has 6 heteroatoms. The number of anilines is 1. The molecule has 0 aliphatic rings. The van der Waals surface area contributed by atoms with E-state index >= 15 is 0 Å². The quantitative estimate of drug-likeness (QED) is 0.464. The van der Waals surface area contributed by atoms with E-state index < -0.39 is 6.23 Å². The molecule has 0 radical (unpaired) electrons. The van der Waals surface area contributed by atoms with Gasteiger partial charge in [0.2, 0.25) is 5.88 Å². The Morgan fingerprint density at radius 1 is 1.07 bits per heavy atom. The van der Waals surface area contributed by atoms with Crippen molar-refractivity contribution < 1.29 is 9.84 Å². The van der Waals surface area contributed by atoms with Crippen molar-refractivity contribution in [1.29, 1.82) is 0 Å². The third-order valence-electron chi connectivity index (χ3n) is 5.34. The number of pyridine rings is 1. The van der Waals surface area contributed by atoms with Crippen LogP contribution in [0, 0.1) is 20.8 Å². The van der Waals surface area contributed by atoms with Crippen LogP contribution in [0.3, 0.4) is 0 Å². The highest BCUT2D eigenvalue weighted by atomic mass is 16.5. The molecule has 0 saturated heterocycles. The van der Waals surface area contributed by atoms with Crippen LogP contribution < -0.4 is 10.1 Å². The lowest BCUT2D eigenvalue weighted by Crippen LogP contribution is -2.12. The second-order valence-electron chi connectivity index (χ2n) is 7.51. The SMILES string of the molecule is COc1cc(C(O)Nc2c(C)nn(Cc3ccc(C)cc3)c2C)c2ccccc2n1. The van der Waals surface area contributed by atoms with Crippen LogP contribution in [0.5, 0.6) is 5.88 Å². The van der Waals surface area contributed by atoms with Crippen LogP contribution in [0.2, 0.25) is 0 Å². The average Bonchev–Trinajstić information content (AvgIpc) is 3.01. The number of para-hydroxylation sites is 1. The number of benzene rings is 2. The first-order chi connectivity index (χ1) is 14.5. The van der Waals surface area contributed by atoms with Crippen molar-refractivity contribution in [2.75, 3.05) is 12.4 Å². The molecule has 4 rings (SSSR count). The van der Waals surface area contributed by atoms with E-state index in [9.17, 15) is 5.11 Å². The summed E-state index contributed by atoms with van der Waals surface area (Å²) in [6.45, 7) is 6.71. The Kier molecular flexibility index (Phi) is 5.42. The second-order valence-corrected chi connectivity index (χ2v) is 7.51. The minimum atomic E-state index is -0.929. The maximum absolute atomic E-state index is 11.0. The van der Waals surface area contributed by atoms with Gasteiger partial charge in [0.1, 0.15) is 0 Å². The molecular formula is C24H26N4O2. The van der Waals surface area contributed by atoms with Crippen molar-refractivity contribution in [2.45, 2.75) is 33.5 Å². The zero-order valence-corrected chi connectivity index (χ0v) is 17.7. The molecule has 1 unspecified atom stereocenters. The van der Waals surface area contributed by atoms with Gasteiger partial charge in [0, 0.05) is 17.0 Å². The molecule has 0 aliphatic heterocycles. The molecule has 2 aromatic carbocycles. The van der Waals surface area contributed by atoms with E-state index in [0.717, 1.165) is 28.0 Å². The summed E-state index contributed by atoms with van der Waals surface area (Å²) in [7, 11) is 1.57.